The molecule has 20 heavy (non-hydrogen) atoms. The number of β-amino-alcohol motifs (C(OH)–C–C–N with tert-alkyl or cyclic N) is 1. The van der Waals surface area contributed by atoms with Crippen molar-refractivity contribution in [1.29, 1.82) is 0 Å². The first kappa shape index (κ1) is 12.5. The van der Waals surface area contributed by atoms with Crippen molar-refractivity contribution in [3.63, 3.8) is 0 Å². The van der Waals surface area contributed by atoms with Crippen LogP contribution in [0.5, 0.6) is 0 Å². The molecule has 0 unspecified atom stereocenters. The fourth-order valence-electron chi connectivity index (χ4n) is 4.32. The van der Waals surface area contributed by atoms with Crippen LogP contribution in [0.15, 0.2) is 18.2 Å². The Labute approximate surface area is 120 Å². The number of rotatable bonds is 2. The number of hydrogen-bond acceptors (Lipinski definition) is 4. The highest BCUT2D eigenvalue weighted by molar-refractivity contribution is 5.80. The largest absolute Gasteiger partial charge is 0.395 e. The molecule has 0 saturated carbocycles. The van der Waals surface area contributed by atoms with Crippen molar-refractivity contribution in [1.82, 2.24) is 4.90 Å². The summed E-state index contributed by atoms with van der Waals surface area (Å²) >= 11 is 0. The van der Waals surface area contributed by atoms with Crippen LogP contribution in [-0.4, -0.2) is 62.4 Å². The second-order valence-electron chi connectivity index (χ2n) is 6.32. The fourth-order valence-corrected chi connectivity index (χ4v) is 4.32. The quantitative estimate of drug-likeness (QED) is 0.874. The summed E-state index contributed by atoms with van der Waals surface area (Å²) in [6.07, 6.45) is 1.22. The van der Waals surface area contributed by atoms with Crippen molar-refractivity contribution in [2.75, 3.05) is 56.2 Å². The third-order valence-corrected chi connectivity index (χ3v) is 5.30. The zero-order valence-electron chi connectivity index (χ0n) is 12.1. The normalized spacial score (nSPS) is 28.5. The van der Waals surface area contributed by atoms with Gasteiger partial charge in [-0.15, -0.1) is 0 Å². The maximum Gasteiger partial charge on any atom is 0.0644 e. The molecule has 4 rings (SSSR count). The smallest absolute Gasteiger partial charge is 0.0644 e. The van der Waals surface area contributed by atoms with Crippen molar-refractivity contribution < 1.29 is 5.11 Å². The van der Waals surface area contributed by atoms with Gasteiger partial charge in [-0.25, -0.2) is 0 Å². The van der Waals surface area contributed by atoms with E-state index in [2.05, 4.69) is 39.9 Å². The number of fused-ring (bicyclic) bond motifs is 3. The lowest BCUT2D eigenvalue weighted by Gasteiger charge is -2.41. The van der Waals surface area contributed by atoms with Gasteiger partial charge in [0.25, 0.3) is 0 Å². The molecular weight excluding hydrogens is 250 g/mol. The Morgan fingerprint density at radius 2 is 2.15 bits per heavy atom. The Morgan fingerprint density at radius 3 is 3.00 bits per heavy atom. The van der Waals surface area contributed by atoms with Gasteiger partial charge in [0.2, 0.25) is 0 Å². The number of piperidine rings is 1. The fraction of sp³-hybridized carbons (Fsp3) is 0.625. The molecule has 4 nitrogen and oxygen atoms in total. The zero-order chi connectivity index (χ0) is 13.7. The number of anilines is 2. The van der Waals surface area contributed by atoms with Crippen molar-refractivity contribution >= 4 is 11.4 Å². The van der Waals surface area contributed by atoms with Gasteiger partial charge in [0, 0.05) is 51.7 Å². The highest BCUT2D eigenvalue weighted by Crippen LogP contribution is 2.50. The summed E-state index contributed by atoms with van der Waals surface area (Å²) in [6, 6.07) is 7.46. The van der Waals surface area contributed by atoms with Crippen LogP contribution in [0.2, 0.25) is 0 Å². The van der Waals surface area contributed by atoms with Crippen LogP contribution < -0.4 is 9.80 Å². The number of likely N-dealkylation sites (N-methyl/N-ethyl adjacent to an activating group) is 1. The molecule has 0 aliphatic carbocycles. The second kappa shape index (κ2) is 4.64. The molecule has 1 aromatic carbocycles. The summed E-state index contributed by atoms with van der Waals surface area (Å²) in [6.45, 7) is 5.59. The molecule has 1 aromatic rings. The number of benzene rings is 1. The standard InChI is InChI=1S/C16H23N3O/c1-17-7-8-19-14-5-6-18(9-10-20)11-13(14)12-3-2-4-15(17)16(12)19/h2-4,13-14,20H,5-11H2,1H3/t13-,14-/m0/s1. The molecule has 0 radical (unpaired) electrons. The summed E-state index contributed by atoms with van der Waals surface area (Å²) in [5.41, 5.74) is 4.42. The lowest BCUT2D eigenvalue weighted by atomic mass is 9.89. The lowest BCUT2D eigenvalue weighted by Crippen LogP contribution is -2.49. The predicted molar refractivity (Wildman–Crippen MR) is 81.7 cm³/mol. The monoisotopic (exact) mass is 273 g/mol. The predicted octanol–water partition coefficient (Wildman–Crippen LogP) is 1.11. The third kappa shape index (κ3) is 1.68. The van der Waals surface area contributed by atoms with E-state index in [4.69, 9.17) is 0 Å². The second-order valence-corrected chi connectivity index (χ2v) is 6.32. The lowest BCUT2D eigenvalue weighted by molar-refractivity contribution is 0.153. The van der Waals surface area contributed by atoms with E-state index < -0.39 is 0 Å². The molecule has 2 atom stereocenters. The van der Waals surface area contributed by atoms with Crippen LogP contribution in [0.4, 0.5) is 11.4 Å². The first-order valence-corrected chi connectivity index (χ1v) is 7.73. The van der Waals surface area contributed by atoms with Gasteiger partial charge in [0.05, 0.1) is 18.0 Å². The number of hydrogen-bond donors (Lipinski definition) is 1. The minimum Gasteiger partial charge on any atom is -0.395 e. The maximum absolute atomic E-state index is 9.18. The van der Waals surface area contributed by atoms with Gasteiger partial charge in [0.15, 0.2) is 0 Å². The molecule has 0 spiro atoms. The number of aliphatic hydroxyl groups excluding tert-OH is 1. The van der Waals surface area contributed by atoms with E-state index in [-0.39, 0.29) is 6.61 Å². The number of likely N-dealkylation sites (tertiary alicyclic amines) is 1. The Bertz CT molecular complexity index is 518. The summed E-state index contributed by atoms with van der Waals surface area (Å²) < 4.78 is 0. The molecule has 1 fully saturated rings. The summed E-state index contributed by atoms with van der Waals surface area (Å²) in [5, 5.41) is 9.18. The first-order chi connectivity index (χ1) is 9.79. The van der Waals surface area contributed by atoms with Gasteiger partial charge >= 0.3 is 0 Å². The van der Waals surface area contributed by atoms with E-state index in [1.165, 1.54) is 23.4 Å². The minimum absolute atomic E-state index is 0.275. The van der Waals surface area contributed by atoms with Crippen LogP contribution in [0.1, 0.15) is 17.9 Å². The van der Waals surface area contributed by atoms with Crippen LogP contribution >= 0.6 is 0 Å². The van der Waals surface area contributed by atoms with E-state index in [1.807, 2.05) is 0 Å². The van der Waals surface area contributed by atoms with Crippen molar-refractivity contribution in [2.45, 2.75) is 18.4 Å². The highest BCUT2D eigenvalue weighted by atomic mass is 16.3. The van der Waals surface area contributed by atoms with Crippen molar-refractivity contribution in [3.8, 4) is 0 Å². The molecule has 0 bridgehead atoms. The topological polar surface area (TPSA) is 30.0 Å². The number of nitrogens with zero attached hydrogens (tertiary/aromatic N) is 3. The van der Waals surface area contributed by atoms with E-state index in [9.17, 15) is 5.11 Å². The Balaban J connectivity index is 1.72. The number of para-hydroxylation sites is 1. The molecule has 4 heteroatoms. The van der Waals surface area contributed by atoms with Gasteiger partial charge in [-0.05, 0) is 18.1 Å². The molecule has 0 aromatic heterocycles. The Hall–Kier alpha value is -1.26. The van der Waals surface area contributed by atoms with E-state index in [1.54, 1.807) is 0 Å². The van der Waals surface area contributed by atoms with Gasteiger partial charge in [-0.3, -0.25) is 0 Å². The SMILES string of the molecule is CN1CCN2c3c(cccc31)[C@@H]1CN(CCO)CC[C@@H]12. The molecule has 1 saturated heterocycles. The summed E-state index contributed by atoms with van der Waals surface area (Å²) in [4.78, 5) is 7.46. The minimum atomic E-state index is 0.275. The van der Waals surface area contributed by atoms with Gasteiger partial charge in [-0.1, -0.05) is 12.1 Å². The average Bonchev–Trinajstić information content (AvgIpc) is 2.79. The third-order valence-electron chi connectivity index (χ3n) is 5.30. The van der Waals surface area contributed by atoms with Crippen molar-refractivity contribution in [2.24, 2.45) is 0 Å². The molecule has 3 heterocycles. The van der Waals surface area contributed by atoms with Gasteiger partial charge < -0.3 is 19.8 Å². The average molecular weight is 273 g/mol. The van der Waals surface area contributed by atoms with Crippen LogP contribution in [0, 0.1) is 0 Å². The van der Waals surface area contributed by atoms with Crippen LogP contribution in [0.25, 0.3) is 0 Å². The molecular formula is C16H23N3O. The first-order valence-electron chi connectivity index (χ1n) is 7.73. The molecule has 0 amide bonds. The van der Waals surface area contributed by atoms with E-state index in [0.29, 0.717) is 12.0 Å². The highest BCUT2D eigenvalue weighted by Gasteiger charge is 2.44. The zero-order valence-corrected chi connectivity index (χ0v) is 12.1. The van der Waals surface area contributed by atoms with Gasteiger partial charge in [-0.2, -0.15) is 0 Å². The maximum atomic E-state index is 9.18. The Morgan fingerprint density at radius 1 is 1.25 bits per heavy atom. The number of aliphatic hydroxyl groups is 1. The molecule has 3 aliphatic rings. The molecule has 3 aliphatic heterocycles. The summed E-state index contributed by atoms with van der Waals surface area (Å²) in [5.74, 6) is 0.622. The van der Waals surface area contributed by atoms with E-state index >= 15 is 0 Å². The van der Waals surface area contributed by atoms with Crippen LogP contribution in [-0.2, 0) is 0 Å². The van der Waals surface area contributed by atoms with E-state index in [0.717, 1.165) is 32.7 Å². The van der Waals surface area contributed by atoms with Crippen LogP contribution in [0.3, 0.4) is 0 Å². The van der Waals surface area contributed by atoms with Crippen molar-refractivity contribution in [3.05, 3.63) is 23.8 Å². The summed E-state index contributed by atoms with van der Waals surface area (Å²) in [7, 11) is 2.20. The molecule has 1 N–H and O–H groups in total. The van der Waals surface area contributed by atoms with Gasteiger partial charge in [0.1, 0.15) is 0 Å². The Kier molecular flexibility index (Phi) is 2.89. The molecule has 108 valence electrons.